The molecule has 0 saturated carbocycles. The molecular weight excluding hydrogens is 260 g/mol. The molecule has 0 aliphatic rings. The van der Waals surface area contributed by atoms with Gasteiger partial charge in [0.2, 0.25) is 0 Å². The summed E-state index contributed by atoms with van der Waals surface area (Å²) >= 11 is 1.86. The van der Waals surface area contributed by atoms with E-state index in [1.54, 1.807) is 0 Å². The lowest BCUT2D eigenvalue weighted by molar-refractivity contribution is 0.886. The third kappa shape index (κ3) is 12.1. The number of hydrogen-bond acceptors (Lipinski definition) is 1. The van der Waals surface area contributed by atoms with Crippen LogP contribution in [0.3, 0.4) is 0 Å². The highest BCUT2D eigenvalue weighted by atomic mass is 32.2. The second-order valence-electron chi connectivity index (χ2n) is 3.92. The number of fused-ring (bicyclic) bond motifs is 1. The molecule has 0 heterocycles. The molecule has 0 atom stereocenters. The summed E-state index contributed by atoms with van der Waals surface area (Å²) in [6.07, 6.45) is 4.74. The molecule has 0 amide bonds. The lowest BCUT2D eigenvalue weighted by atomic mass is 10.1. The molecule has 2 rings (SSSR count). The molecule has 20 heavy (non-hydrogen) atoms. The number of thioether (sulfide) groups is 1. The van der Waals surface area contributed by atoms with Gasteiger partial charge < -0.3 is 0 Å². The highest BCUT2D eigenvalue weighted by molar-refractivity contribution is 7.98. The maximum atomic E-state index is 2.18. The van der Waals surface area contributed by atoms with Crippen molar-refractivity contribution in [1.82, 2.24) is 0 Å². The first-order valence-electron chi connectivity index (χ1n) is 7.72. The number of benzene rings is 2. The molecule has 0 N–H and O–H groups in total. The number of unbranched alkanes of at least 4 members (excludes halogenated alkanes) is 1. The van der Waals surface area contributed by atoms with Crippen LogP contribution in [0.15, 0.2) is 48.5 Å². The Morgan fingerprint density at radius 3 is 1.10 bits per heavy atom. The maximum absolute atomic E-state index is 2.18. The zero-order chi connectivity index (χ0) is 15.6. The summed E-state index contributed by atoms with van der Waals surface area (Å²) in [7, 11) is 0. The summed E-state index contributed by atoms with van der Waals surface area (Å²) in [5.41, 5.74) is 0. The molecule has 2 aromatic rings. The third-order valence-corrected chi connectivity index (χ3v) is 3.02. The van der Waals surface area contributed by atoms with Gasteiger partial charge in [-0.25, -0.2) is 0 Å². The van der Waals surface area contributed by atoms with Gasteiger partial charge in [0.05, 0.1) is 0 Å². The minimum absolute atomic E-state index is 1.24. The van der Waals surface area contributed by atoms with Crippen molar-refractivity contribution < 1.29 is 0 Å². The van der Waals surface area contributed by atoms with Gasteiger partial charge in [0.25, 0.3) is 0 Å². The van der Waals surface area contributed by atoms with Crippen molar-refractivity contribution in [2.45, 2.75) is 47.5 Å². The Bertz CT molecular complexity index is 322. The predicted molar refractivity (Wildman–Crippen MR) is 99.9 cm³/mol. The molecule has 114 valence electrons. The topological polar surface area (TPSA) is 0 Å². The molecule has 0 aliphatic carbocycles. The normalized spacial score (nSPS) is 8.30. The number of rotatable bonds is 2. The van der Waals surface area contributed by atoms with Gasteiger partial charge in [-0.05, 0) is 22.8 Å². The van der Waals surface area contributed by atoms with Crippen LogP contribution in [0.1, 0.15) is 47.5 Å². The number of hydrogen-bond donors (Lipinski definition) is 0. The first-order chi connectivity index (χ1) is 9.79. The molecule has 0 unspecified atom stereocenters. The van der Waals surface area contributed by atoms with Gasteiger partial charge in [-0.2, -0.15) is 11.8 Å². The molecule has 0 aliphatic heterocycles. The summed E-state index contributed by atoms with van der Waals surface area (Å²) < 4.78 is 0. The van der Waals surface area contributed by atoms with Gasteiger partial charge >= 0.3 is 0 Å². The standard InChI is InChI=1S/C10H8.C4H10.C3H8S.C2H6/c1-2-6-10-8-4-3-7-9(10)5-1;2*1-3-4-2;1-2/h1-8H;3-4H2,1-2H3;3H2,1-2H3;1-2H3. The monoisotopic (exact) mass is 292 g/mol. The van der Waals surface area contributed by atoms with Gasteiger partial charge in [-0.1, -0.05) is 96.0 Å². The van der Waals surface area contributed by atoms with E-state index in [-0.39, 0.29) is 0 Å². The second kappa shape index (κ2) is 18.0. The molecule has 1 heteroatoms. The summed E-state index contributed by atoms with van der Waals surface area (Å²) in [6, 6.07) is 16.7. The van der Waals surface area contributed by atoms with Crippen molar-refractivity contribution in [3.8, 4) is 0 Å². The SMILES string of the molecule is CC.CCCC.CCSC.c1ccc2ccccc2c1. The van der Waals surface area contributed by atoms with Crippen LogP contribution in [0.2, 0.25) is 0 Å². The Balaban J connectivity index is 0. The molecule has 0 spiro atoms. The van der Waals surface area contributed by atoms with Crippen LogP contribution in [0, 0.1) is 0 Å². The molecule has 0 saturated heterocycles. The average Bonchev–Trinajstić information content (AvgIpc) is 2.57. The van der Waals surface area contributed by atoms with E-state index in [4.69, 9.17) is 0 Å². The highest BCUT2D eigenvalue weighted by Gasteiger charge is 1.85. The molecule has 0 radical (unpaired) electrons. The van der Waals surface area contributed by atoms with Crippen molar-refractivity contribution in [2.24, 2.45) is 0 Å². The summed E-state index contributed by atoms with van der Waals surface area (Å²) in [4.78, 5) is 0. The van der Waals surface area contributed by atoms with Gasteiger partial charge in [0, 0.05) is 0 Å². The first-order valence-corrected chi connectivity index (χ1v) is 9.12. The lowest BCUT2D eigenvalue weighted by Gasteiger charge is -1.92. The molecule has 0 fully saturated rings. The Morgan fingerprint density at radius 1 is 0.700 bits per heavy atom. The van der Waals surface area contributed by atoms with Crippen molar-refractivity contribution in [3.05, 3.63) is 48.5 Å². The van der Waals surface area contributed by atoms with E-state index >= 15 is 0 Å². The van der Waals surface area contributed by atoms with Gasteiger partial charge in [0.1, 0.15) is 0 Å². The van der Waals surface area contributed by atoms with Gasteiger partial charge in [-0.3, -0.25) is 0 Å². The van der Waals surface area contributed by atoms with Gasteiger partial charge in [-0.15, -0.1) is 0 Å². The van der Waals surface area contributed by atoms with Crippen molar-refractivity contribution in [3.63, 3.8) is 0 Å². The maximum Gasteiger partial charge on any atom is -0.00988 e. The lowest BCUT2D eigenvalue weighted by Crippen LogP contribution is -1.67. The van der Waals surface area contributed by atoms with E-state index in [1.165, 1.54) is 29.4 Å². The smallest absolute Gasteiger partial charge is 0.00988 e. The fraction of sp³-hybridized carbons (Fsp3) is 0.474. The van der Waals surface area contributed by atoms with E-state index in [0.717, 1.165) is 0 Å². The van der Waals surface area contributed by atoms with E-state index in [2.05, 4.69) is 75.6 Å². The molecule has 0 nitrogen and oxygen atoms in total. The largest absolute Gasteiger partial charge is 0.166 e. The van der Waals surface area contributed by atoms with Crippen LogP contribution in [0.25, 0.3) is 10.8 Å². The third-order valence-electron chi connectivity index (χ3n) is 2.45. The summed E-state index contributed by atoms with van der Waals surface area (Å²) in [5.74, 6) is 1.24. The van der Waals surface area contributed by atoms with Crippen molar-refractivity contribution in [2.75, 3.05) is 12.0 Å². The fourth-order valence-corrected chi connectivity index (χ4v) is 1.13. The van der Waals surface area contributed by atoms with Crippen LogP contribution in [-0.2, 0) is 0 Å². The summed E-state index contributed by atoms with van der Waals surface area (Å²) in [6.45, 7) is 10.5. The minimum atomic E-state index is 1.24. The van der Waals surface area contributed by atoms with E-state index in [1.807, 2.05) is 25.6 Å². The molecule has 2 aromatic carbocycles. The van der Waals surface area contributed by atoms with Crippen LogP contribution < -0.4 is 0 Å². The van der Waals surface area contributed by atoms with Crippen LogP contribution in [0.5, 0.6) is 0 Å². The van der Waals surface area contributed by atoms with Crippen LogP contribution >= 0.6 is 11.8 Å². The molecule has 0 aromatic heterocycles. The second-order valence-corrected chi connectivity index (χ2v) is 5.08. The van der Waals surface area contributed by atoms with E-state index < -0.39 is 0 Å². The fourth-order valence-electron chi connectivity index (χ4n) is 1.13. The Hall–Kier alpha value is -0.950. The van der Waals surface area contributed by atoms with Crippen molar-refractivity contribution >= 4 is 22.5 Å². The summed E-state index contributed by atoms with van der Waals surface area (Å²) in [5, 5.41) is 2.62. The predicted octanol–water partition coefficient (Wildman–Crippen LogP) is 7.04. The zero-order valence-corrected chi connectivity index (χ0v) is 15.0. The first kappa shape index (κ1) is 21.4. The quantitative estimate of drug-likeness (QED) is 0.572. The van der Waals surface area contributed by atoms with E-state index in [9.17, 15) is 0 Å². The molecule has 0 bridgehead atoms. The Morgan fingerprint density at radius 2 is 0.950 bits per heavy atom. The molecular formula is C19H32S. The zero-order valence-electron chi connectivity index (χ0n) is 14.1. The van der Waals surface area contributed by atoms with Crippen LogP contribution in [0.4, 0.5) is 0 Å². The average molecular weight is 293 g/mol. The highest BCUT2D eigenvalue weighted by Crippen LogP contribution is 2.11. The Kier molecular flexibility index (Phi) is 19.3. The van der Waals surface area contributed by atoms with E-state index in [0.29, 0.717) is 0 Å². The Labute approximate surface area is 131 Å². The van der Waals surface area contributed by atoms with Crippen molar-refractivity contribution in [1.29, 1.82) is 0 Å². The van der Waals surface area contributed by atoms with Crippen LogP contribution in [-0.4, -0.2) is 12.0 Å². The minimum Gasteiger partial charge on any atom is -0.166 e. The van der Waals surface area contributed by atoms with Gasteiger partial charge in [0.15, 0.2) is 0 Å².